The van der Waals surface area contributed by atoms with E-state index in [0.717, 1.165) is 31.9 Å². The highest BCUT2D eigenvalue weighted by atomic mass is 16.6. The Labute approximate surface area is 174 Å². The molecule has 9 nitrogen and oxygen atoms in total. The maximum absolute atomic E-state index is 12.4. The number of carbonyl (C=O) groups excluding carboxylic acids is 2. The zero-order valence-electron chi connectivity index (χ0n) is 17.0. The van der Waals surface area contributed by atoms with E-state index < -0.39 is 4.92 Å². The summed E-state index contributed by atoms with van der Waals surface area (Å²) in [4.78, 5) is 38.5. The van der Waals surface area contributed by atoms with Gasteiger partial charge in [-0.2, -0.15) is 0 Å². The van der Waals surface area contributed by atoms with Gasteiger partial charge < -0.3 is 15.0 Å². The van der Waals surface area contributed by atoms with Gasteiger partial charge in [0.15, 0.2) is 5.78 Å². The van der Waals surface area contributed by atoms with Gasteiger partial charge in [0.2, 0.25) is 5.91 Å². The number of hydrogen-bond acceptors (Lipinski definition) is 7. The van der Waals surface area contributed by atoms with E-state index in [1.54, 1.807) is 6.92 Å². The Balaban J connectivity index is 1.53. The Morgan fingerprint density at radius 3 is 2.33 bits per heavy atom. The average Bonchev–Trinajstić information content (AvgIpc) is 2.74. The van der Waals surface area contributed by atoms with E-state index in [2.05, 4.69) is 10.2 Å². The summed E-state index contributed by atoms with van der Waals surface area (Å²) in [5.41, 5.74) is 2.05. The lowest BCUT2D eigenvalue weighted by molar-refractivity contribution is -0.384. The summed E-state index contributed by atoms with van der Waals surface area (Å²) < 4.78 is 5.15. The fourth-order valence-electron chi connectivity index (χ4n) is 3.36. The number of nitro benzene ring substituents is 1. The molecule has 1 amide bonds. The second-order valence-electron chi connectivity index (χ2n) is 7.06. The van der Waals surface area contributed by atoms with Gasteiger partial charge in [0.1, 0.15) is 5.75 Å². The van der Waals surface area contributed by atoms with Crippen LogP contribution in [0.15, 0.2) is 42.5 Å². The van der Waals surface area contributed by atoms with Gasteiger partial charge in [-0.05, 0) is 37.3 Å². The number of Topliss-reactive ketones (excluding diaryl/α,β-unsaturated/α-hetero) is 1. The molecule has 2 aromatic rings. The van der Waals surface area contributed by atoms with E-state index in [4.69, 9.17) is 4.74 Å². The summed E-state index contributed by atoms with van der Waals surface area (Å²) in [6, 6.07) is 11.6. The zero-order valence-corrected chi connectivity index (χ0v) is 17.0. The predicted octanol–water partition coefficient (Wildman–Crippen LogP) is 2.57. The van der Waals surface area contributed by atoms with Crippen LogP contribution in [0.5, 0.6) is 5.75 Å². The van der Waals surface area contributed by atoms with Crippen molar-refractivity contribution in [2.45, 2.75) is 6.92 Å². The van der Waals surface area contributed by atoms with Crippen molar-refractivity contribution in [1.82, 2.24) is 4.90 Å². The molecule has 1 fully saturated rings. The number of benzene rings is 2. The molecule has 1 aliphatic rings. The fourth-order valence-corrected chi connectivity index (χ4v) is 3.36. The van der Waals surface area contributed by atoms with Crippen LogP contribution >= 0.6 is 0 Å². The number of ether oxygens (including phenoxy) is 1. The molecule has 158 valence electrons. The first-order valence-corrected chi connectivity index (χ1v) is 9.58. The molecule has 30 heavy (non-hydrogen) atoms. The second-order valence-corrected chi connectivity index (χ2v) is 7.06. The van der Waals surface area contributed by atoms with Crippen LogP contribution in [-0.2, 0) is 4.79 Å². The van der Waals surface area contributed by atoms with E-state index in [0.29, 0.717) is 11.3 Å². The van der Waals surface area contributed by atoms with Crippen molar-refractivity contribution < 1.29 is 19.2 Å². The van der Waals surface area contributed by atoms with Gasteiger partial charge in [0, 0.05) is 43.5 Å². The maximum atomic E-state index is 12.4. The Kier molecular flexibility index (Phi) is 6.63. The molecular formula is C21H24N4O5. The normalized spacial score (nSPS) is 14.3. The number of ketones is 1. The third kappa shape index (κ3) is 5.12. The number of carbonyl (C=O) groups is 2. The molecule has 0 aromatic heterocycles. The topological polar surface area (TPSA) is 105 Å². The lowest BCUT2D eigenvalue weighted by atomic mass is 10.1. The van der Waals surface area contributed by atoms with Crippen molar-refractivity contribution in [2.24, 2.45) is 0 Å². The molecular weight excluding hydrogens is 388 g/mol. The molecule has 0 saturated carbocycles. The number of nitrogens with one attached hydrogen (secondary N) is 1. The molecule has 1 aliphatic heterocycles. The zero-order chi connectivity index (χ0) is 21.7. The van der Waals surface area contributed by atoms with E-state index in [9.17, 15) is 19.7 Å². The highest BCUT2D eigenvalue weighted by Crippen LogP contribution is 2.29. The minimum atomic E-state index is -0.513. The first kappa shape index (κ1) is 21.3. The third-order valence-corrected chi connectivity index (χ3v) is 5.05. The van der Waals surface area contributed by atoms with Gasteiger partial charge in [-0.25, -0.2) is 0 Å². The van der Waals surface area contributed by atoms with Crippen LogP contribution < -0.4 is 15.0 Å². The van der Waals surface area contributed by atoms with E-state index in [-0.39, 0.29) is 29.7 Å². The Bertz CT molecular complexity index is 937. The summed E-state index contributed by atoms with van der Waals surface area (Å²) in [6.07, 6.45) is 0. The van der Waals surface area contributed by atoms with Crippen LogP contribution in [0.1, 0.15) is 17.3 Å². The average molecular weight is 412 g/mol. The molecule has 1 N–H and O–H groups in total. The van der Waals surface area contributed by atoms with Crippen molar-refractivity contribution >= 4 is 28.8 Å². The minimum absolute atomic E-state index is 0.0435. The number of amides is 1. The largest absolute Gasteiger partial charge is 0.494 e. The third-order valence-electron chi connectivity index (χ3n) is 5.05. The van der Waals surface area contributed by atoms with Crippen molar-refractivity contribution in [3.8, 4) is 5.75 Å². The standard InChI is InChI=1S/C21H24N4O5/c1-15(26)16-3-5-17(6-4-16)24-11-9-23(10-12-24)14-21(27)22-19-8-7-18(25(28)29)13-20(19)30-2/h3-8,13H,9-12,14H2,1-2H3,(H,22,27). The van der Waals surface area contributed by atoms with Crippen molar-refractivity contribution in [2.75, 3.05) is 50.1 Å². The number of rotatable bonds is 7. The maximum Gasteiger partial charge on any atom is 0.273 e. The molecule has 0 radical (unpaired) electrons. The van der Waals surface area contributed by atoms with Gasteiger partial charge in [0.05, 0.1) is 30.3 Å². The molecule has 1 saturated heterocycles. The molecule has 2 aromatic carbocycles. The lowest BCUT2D eigenvalue weighted by Crippen LogP contribution is -2.48. The van der Waals surface area contributed by atoms with E-state index in [1.165, 1.54) is 25.3 Å². The van der Waals surface area contributed by atoms with Crippen LogP contribution in [-0.4, -0.2) is 61.3 Å². The molecule has 1 heterocycles. The second kappa shape index (κ2) is 9.36. The fraction of sp³-hybridized carbons (Fsp3) is 0.333. The monoisotopic (exact) mass is 412 g/mol. The van der Waals surface area contributed by atoms with Gasteiger partial charge in [-0.15, -0.1) is 0 Å². The summed E-state index contributed by atoms with van der Waals surface area (Å²) in [6.45, 7) is 4.75. The number of non-ortho nitro benzene ring substituents is 1. The van der Waals surface area contributed by atoms with Crippen LogP contribution in [0.25, 0.3) is 0 Å². The Hall–Kier alpha value is -3.46. The first-order chi connectivity index (χ1) is 14.4. The smallest absolute Gasteiger partial charge is 0.273 e. The summed E-state index contributed by atoms with van der Waals surface area (Å²) in [5.74, 6) is 0.0832. The number of nitro groups is 1. The number of piperazine rings is 1. The number of methoxy groups -OCH3 is 1. The van der Waals surface area contributed by atoms with Gasteiger partial charge >= 0.3 is 0 Å². The molecule has 0 spiro atoms. The summed E-state index contributed by atoms with van der Waals surface area (Å²) in [7, 11) is 1.40. The van der Waals surface area contributed by atoms with Crippen LogP contribution in [0.2, 0.25) is 0 Å². The van der Waals surface area contributed by atoms with Crippen LogP contribution in [0.4, 0.5) is 17.1 Å². The SMILES string of the molecule is COc1cc([N+](=O)[O-])ccc1NC(=O)CN1CCN(c2ccc(C(C)=O)cc2)CC1. The highest BCUT2D eigenvalue weighted by molar-refractivity contribution is 5.94. The van der Waals surface area contributed by atoms with Gasteiger partial charge in [0.25, 0.3) is 5.69 Å². The van der Waals surface area contributed by atoms with Crippen molar-refractivity contribution in [3.63, 3.8) is 0 Å². The summed E-state index contributed by atoms with van der Waals surface area (Å²) in [5, 5.41) is 13.6. The van der Waals surface area contributed by atoms with E-state index in [1.807, 2.05) is 29.2 Å². The van der Waals surface area contributed by atoms with Gasteiger partial charge in [-0.3, -0.25) is 24.6 Å². The highest BCUT2D eigenvalue weighted by Gasteiger charge is 2.20. The Morgan fingerprint density at radius 1 is 1.10 bits per heavy atom. The van der Waals surface area contributed by atoms with Crippen LogP contribution in [0, 0.1) is 10.1 Å². The molecule has 0 aliphatic carbocycles. The van der Waals surface area contributed by atoms with Crippen molar-refractivity contribution in [3.05, 3.63) is 58.1 Å². The number of anilines is 2. The quantitative estimate of drug-likeness (QED) is 0.423. The van der Waals surface area contributed by atoms with Crippen molar-refractivity contribution in [1.29, 1.82) is 0 Å². The number of nitrogens with zero attached hydrogens (tertiary/aromatic N) is 3. The van der Waals surface area contributed by atoms with Gasteiger partial charge in [-0.1, -0.05) is 0 Å². The van der Waals surface area contributed by atoms with Crippen LogP contribution in [0.3, 0.4) is 0 Å². The van der Waals surface area contributed by atoms with E-state index >= 15 is 0 Å². The Morgan fingerprint density at radius 2 is 1.77 bits per heavy atom. The summed E-state index contributed by atoms with van der Waals surface area (Å²) >= 11 is 0. The predicted molar refractivity (Wildman–Crippen MR) is 113 cm³/mol. The first-order valence-electron chi connectivity index (χ1n) is 9.58. The molecule has 0 atom stereocenters. The minimum Gasteiger partial charge on any atom is -0.494 e. The molecule has 3 rings (SSSR count). The number of hydrogen-bond donors (Lipinski definition) is 1. The lowest BCUT2D eigenvalue weighted by Gasteiger charge is -2.35. The molecule has 0 bridgehead atoms. The molecule has 9 heteroatoms. The molecule has 0 unspecified atom stereocenters.